The van der Waals surface area contributed by atoms with E-state index in [0.29, 0.717) is 17.3 Å². The molecule has 0 saturated heterocycles. The van der Waals surface area contributed by atoms with Gasteiger partial charge in [-0.3, -0.25) is 4.79 Å². The van der Waals surface area contributed by atoms with Gasteiger partial charge in [0.2, 0.25) is 0 Å². The fraction of sp³-hybridized carbons (Fsp3) is 0.125. The summed E-state index contributed by atoms with van der Waals surface area (Å²) in [6.07, 6.45) is 0. The van der Waals surface area contributed by atoms with Crippen LogP contribution < -0.4 is 5.56 Å². The molecule has 0 amide bonds. The van der Waals surface area contributed by atoms with Crippen LogP contribution in [0.4, 0.5) is 0 Å². The molecule has 0 radical (unpaired) electrons. The molecule has 0 bridgehead atoms. The number of aryl methyl sites for hydroxylation is 1. The predicted octanol–water partition coefficient (Wildman–Crippen LogP) is 3.74. The molecule has 0 fully saturated rings. The number of para-hydroxylation sites is 2. The molecule has 100 valence electrons. The summed E-state index contributed by atoms with van der Waals surface area (Å²) < 4.78 is 1.73. The lowest BCUT2D eigenvalue weighted by molar-refractivity contribution is 0.756. The summed E-state index contributed by atoms with van der Waals surface area (Å²) >= 11 is 6.00. The number of halogens is 1. The zero-order valence-electron chi connectivity index (χ0n) is 11.0. The molecule has 1 aromatic heterocycles. The first-order chi connectivity index (χ1) is 9.70. The molecule has 3 aromatic rings. The Morgan fingerprint density at radius 2 is 1.95 bits per heavy atom. The summed E-state index contributed by atoms with van der Waals surface area (Å²) in [4.78, 5) is 17.1. The van der Waals surface area contributed by atoms with E-state index in [2.05, 4.69) is 4.98 Å². The average Bonchev–Trinajstić information content (AvgIpc) is 2.46. The van der Waals surface area contributed by atoms with E-state index < -0.39 is 0 Å². The molecule has 0 N–H and O–H groups in total. The smallest absolute Gasteiger partial charge is 0.277 e. The Morgan fingerprint density at radius 1 is 1.15 bits per heavy atom. The maximum atomic E-state index is 12.6. The highest BCUT2D eigenvalue weighted by molar-refractivity contribution is 6.30. The van der Waals surface area contributed by atoms with Gasteiger partial charge in [-0.15, -0.1) is 0 Å². The number of fused-ring (bicyclic) bond motifs is 1. The molecule has 0 atom stereocenters. The molecule has 0 unspecified atom stereocenters. The van der Waals surface area contributed by atoms with Gasteiger partial charge >= 0.3 is 0 Å². The molecule has 0 aliphatic rings. The predicted molar refractivity (Wildman–Crippen MR) is 82.1 cm³/mol. The van der Waals surface area contributed by atoms with E-state index in [1.807, 2.05) is 43.3 Å². The molecule has 0 spiro atoms. The Bertz CT molecular complexity index is 839. The lowest BCUT2D eigenvalue weighted by atomic mass is 10.1. The second-order valence-corrected chi connectivity index (χ2v) is 4.95. The number of hydrogen-bond acceptors (Lipinski definition) is 2. The third kappa shape index (κ3) is 2.10. The number of benzene rings is 2. The summed E-state index contributed by atoms with van der Waals surface area (Å²) in [5.41, 5.74) is 2.76. The van der Waals surface area contributed by atoms with Gasteiger partial charge in [0.05, 0.1) is 11.0 Å². The quantitative estimate of drug-likeness (QED) is 0.718. The van der Waals surface area contributed by atoms with Crippen molar-refractivity contribution in [2.45, 2.75) is 13.5 Å². The lowest BCUT2D eigenvalue weighted by Gasteiger charge is -2.10. The molecule has 0 aliphatic heterocycles. The molecular weight excluding hydrogens is 272 g/mol. The summed E-state index contributed by atoms with van der Waals surface area (Å²) in [6, 6.07) is 14.9. The number of hydrogen-bond donors (Lipinski definition) is 0. The van der Waals surface area contributed by atoms with Gasteiger partial charge in [-0.05, 0) is 31.2 Å². The molecule has 2 aromatic carbocycles. The van der Waals surface area contributed by atoms with Gasteiger partial charge in [0.1, 0.15) is 5.69 Å². The monoisotopic (exact) mass is 284 g/mol. The summed E-state index contributed by atoms with van der Waals surface area (Å²) in [6.45, 7) is 2.56. The van der Waals surface area contributed by atoms with Crippen LogP contribution in [-0.4, -0.2) is 9.55 Å². The normalized spacial score (nSPS) is 10.9. The van der Waals surface area contributed by atoms with Crippen LogP contribution in [-0.2, 0) is 6.54 Å². The van der Waals surface area contributed by atoms with Crippen molar-refractivity contribution >= 4 is 22.6 Å². The Kier molecular flexibility index (Phi) is 3.28. The summed E-state index contributed by atoms with van der Waals surface area (Å²) in [5.74, 6) is 0. The molecule has 0 saturated carbocycles. The minimum absolute atomic E-state index is 0.0894. The first-order valence-electron chi connectivity index (χ1n) is 6.46. The zero-order valence-corrected chi connectivity index (χ0v) is 11.8. The zero-order chi connectivity index (χ0) is 14.1. The maximum Gasteiger partial charge on any atom is 0.277 e. The molecule has 4 heteroatoms. The van der Waals surface area contributed by atoms with Crippen LogP contribution in [0.15, 0.2) is 53.3 Å². The Morgan fingerprint density at radius 3 is 2.70 bits per heavy atom. The first kappa shape index (κ1) is 12.9. The maximum absolute atomic E-state index is 12.6. The van der Waals surface area contributed by atoms with Crippen LogP contribution in [0.2, 0.25) is 5.02 Å². The Balaban J connectivity index is 2.37. The first-order valence-corrected chi connectivity index (χ1v) is 6.84. The van der Waals surface area contributed by atoms with E-state index in [0.717, 1.165) is 16.6 Å². The van der Waals surface area contributed by atoms with Crippen molar-refractivity contribution in [1.29, 1.82) is 0 Å². The van der Waals surface area contributed by atoms with Crippen molar-refractivity contribution in [3.05, 3.63) is 63.9 Å². The molecule has 1 heterocycles. The van der Waals surface area contributed by atoms with Crippen LogP contribution in [0.25, 0.3) is 22.3 Å². The Labute approximate surface area is 121 Å². The number of rotatable bonds is 2. The van der Waals surface area contributed by atoms with E-state index in [1.54, 1.807) is 16.7 Å². The SMILES string of the molecule is CCn1c(=O)c(-c2cccc(Cl)c2)nc2ccccc21. The highest BCUT2D eigenvalue weighted by Crippen LogP contribution is 2.20. The van der Waals surface area contributed by atoms with E-state index in [4.69, 9.17) is 11.6 Å². The van der Waals surface area contributed by atoms with E-state index in [-0.39, 0.29) is 5.56 Å². The van der Waals surface area contributed by atoms with Gasteiger partial charge in [-0.25, -0.2) is 4.98 Å². The second kappa shape index (κ2) is 5.10. The van der Waals surface area contributed by atoms with Crippen molar-refractivity contribution in [1.82, 2.24) is 9.55 Å². The molecule has 3 nitrogen and oxygen atoms in total. The van der Waals surface area contributed by atoms with Crippen molar-refractivity contribution < 1.29 is 0 Å². The Hall–Kier alpha value is -2.13. The van der Waals surface area contributed by atoms with Crippen LogP contribution >= 0.6 is 11.6 Å². The minimum atomic E-state index is -0.0894. The average molecular weight is 285 g/mol. The topological polar surface area (TPSA) is 34.9 Å². The standard InChI is InChI=1S/C16H13ClN2O/c1-2-19-14-9-4-3-8-13(14)18-15(16(19)20)11-6-5-7-12(17)10-11/h3-10H,2H2,1H3. The van der Waals surface area contributed by atoms with Gasteiger partial charge in [0.25, 0.3) is 5.56 Å². The van der Waals surface area contributed by atoms with Crippen molar-refractivity contribution in [2.75, 3.05) is 0 Å². The highest BCUT2D eigenvalue weighted by Gasteiger charge is 2.11. The highest BCUT2D eigenvalue weighted by atomic mass is 35.5. The second-order valence-electron chi connectivity index (χ2n) is 4.51. The van der Waals surface area contributed by atoms with Gasteiger partial charge in [0, 0.05) is 17.1 Å². The van der Waals surface area contributed by atoms with Crippen LogP contribution in [0.5, 0.6) is 0 Å². The molecule has 20 heavy (non-hydrogen) atoms. The number of nitrogens with zero attached hydrogens (tertiary/aromatic N) is 2. The van der Waals surface area contributed by atoms with Crippen LogP contribution in [0.1, 0.15) is 6.92 Å². The van der Waals surface area contributed by atoms with E-state index in [9.17, 15) is 4.79 Å². The number of aromatic nitrogens is 2. The largest absolute Gasteiger partial charge is 0.305 e. The van der Waals surface area contributed by atoms with Crippen molar-refractivity contribution in [3.8, 4) is 11.3 Å². The lowest BCUT2D eigenvalue weighted by Crippen LogP contribution is -2.22. The minimum Gasteiger partial charge on any atom is -0.305 e. The van der Waals surface area contributed by atoms with Gasteiger partial charge < -0.3 is 4.57 Å². The van der Waals surface area contributed by atoms with E-state index in [1.165, 1.54) is 0 Å². The van der Waals surface area contributed by atoms with Gasteiger partial charge in [-0.1, -0.05) is 35.9 Å². The molecule has 0 aliphatic carbocycles. The third-order valence-corrected chi connectivity index (χ3v) is 3.50. The van der Waals surface area contributed by atoms with Gasteiger partial charge in [-0.2, -0.15) is 0 Å². The molecular formula is C16H13ClN2O. The van der Waals surface area contributed by atoms with Crippen molar-refractivity contribution in [2.24, 2.45) is 0 Å². The molecule has 3 rings (SSSR count). The van der Waals surface area contributed by atoms with Gasteiger partial charge in [0.15, 0.2) is 0 Å². The van der Waals surface area contributed by atoms with Crippen molar-refractivity contribution in [3.63, 3.8) is 0 Å². The summed E-state index contributed by atoms with van der Waals surface area (Å²) in [7, 11) is 0. The fourth-order valence-corrected chi connectivity index (χ4v) is 2.52. The van der Waals surface area contributed by atoms with Crippen LogP contribution in [0, 0.1) is 0 Å². The summed E-state index contributed by atoms with van der Waals surface area (Å²) in [5, 5.41) is 0.597. The third-order valence-electron chi connectivity index (χ3n) is 3.27. The van der Waals surface area contributed by atoms with E-state index >= 15 is 0 Å². The fourth-order valence-electron chi connectivity index (χ4n) is 2.33. The van der Waals surface area contributed by atoms with Crippen LogP contribution in [0.3, 0.4) is 0 Å².